The standard InChI is InChI=1S/C21H28N4O3/c1-21(2,3)28-20(27)23-10-8-15(9-11-23)14-24-12-13-25-18(19(24)26)16-6-4-5-7-17(16)22-25/h4-7,15H,8-14H2,1-3H3. The van der Waals surface area contributed by atoms with Crippen LogP contribution >= 0.6 is 0 Å². The van der Waals surface area contributed by atoms with Crippen LogP contribution < -0.4 is 0 Å². The number of carbonyl (C=O) groups is 2. The predicted octanol–water partition coefficient (Wildman–Crippen LogP) is 3.14. The van der Waals surface area contributed by atoms with E-state index < -0.39 is 5.60 Å². The van der Waals surface area contributed by atoms with Crippen molar-refractivity contribution in [3.05, 3.63) is 30.0 Å². The lowest BCUT2D eigenvalue weighted by atomic mass is 9.96. The lowest BCUT2D eigenvalue weighted by Gasteiger charge is -2.36. The van der Waals surface area contributed by atoms with Gasteiger partial charge in [-0.3, -0.25) is 9.48 Å². The summed E-state index contributed by atoms with van der Waals surface area (Å²) in [6, 6.07) is 7.81. The summed E-state index contributed by atoms with van der Waals surface area (Å²) in [4.78, 5) is 29.0. The lowest BCUT2D eigenvalue weighted by molar-refractivity contribution is 0.0164. The molecule has 0 saturated carbocycles. The van der Waals surface area contributed by atoms with Crippen LogP contribution in [0.25, 0.3) is 10.9 Å². The summed E-state index contributed by atoms with van der Waals surface area (Å²) < 4.78 is 7.31. The van der Waals surface area contributed by atoms with Gasteiger partial charge in [-0.05, 0) is 45.6 Å². The van der Waals surface area contributed by atoms with E-state index in [4.69, 9.17) is 4.74 Å². The average molecular weight is 384 g/mol. The van der Waals surface area contributed by atoms with E-state index >= 15 is 0 Å². The van der Waals surface area contributed by atoms with Crippen LogP contribution in [0.2, 0.25) is 0 Å². The molecule has 2 amide bonds. The first-order valence-corrected chi connectivity index (χ1v) is 10.0. The molecular weight excluding hydrogens is 356 g/mol. The quantitative estimate of drug-likeness (QED) is 0.798. The summed E-state index contributed by atoms with van der Waals surface area (Å²) in [5, 5.41) is 5.48. The molecule has 0 unspecified atom stereocenters. The Kier molecular flexibility index (Phi) is 4.77. The van der Waals surface area contributed by atoms with Crippen LogP contribution in [0.5, 0.6) is 0 Å². The fourth-order valence-corrected chi connectivity index (χ4v) is 4.04. The van der Waals surface area contributed by atoms with Gasteiger partial charge in [-0.25, -0.2) is 4.79 Å². The molecule has 0 N–H and O–H groups in total. The fourth-order valence-electron chi connectivity index (χ4n) is 4.04. The molecule has 1 aromatic heterocycles. The number of rotatable bonds is 2. The van der Waals surface area contributed by atoms with Crippen molar-refractivity contribution >= 4 is 22.9 Å². The summed E-state index contributed by atoms with van der Waals surface area (Å²) in [5.74, 6) is 0.470. The molecular formula is C21H28N4O3. The molecule has 2 aromatic rings. The second-order valence-electron chi connectivity index (χ2n) is 8.75. The van der Waals surface area contributed by atoms with E-state index in [0.717, 1.165) is 36.8 Å². The molecule has 1 aromatic carbocycles. The molecule has 7 nitrogen and oxygen atoms in total. The smallest absolute Gasteiger partial charge is 0.410 e. The Balaban J connectivity index is 1.37. The number of piperidine rings is 1. The van der Waals surface area contributed by atoms with Crippen LogP contribution in [0.15, 0.2) is 24.3 Å². The molecule has 0 bridgehead atoms. The minimum atomic E-state index is -0.472. The maximum absolute atomic E-state index is 13.1. The van der Waals surface area contributed by atoms with Crippen molar-refractivity contribution in [3.63, 3.8) is 0 Å². The first-order valence-electron chi connectivity index (χ1n) is 10.0. The summed E-state index contributed by atoms with van der Waals surface area (Å²) >= 11 is 0. The highest BCUT2D eigenvalue weighted by molar-refractivity contribution is 6.05. The van der Waals surface area contributed by atoms with Crippen molar-refractivity contribution in [2.75, 3.05) is 26.2 Å². The molecule has 1 saturated heterocycles. The van der Waals surface area contributed by atoms with Gasteiger partial charge >= 0.3 is 6.09 Å². The summed E-state index contributed by atoms with van der Waals surface area (Å²) in [6.07, 6.45) is 1.54. The Morgan fingerprint density at radius 2 is 1.86 bits per heavy atom. The number of benzene rings is 1. The third kappa shape index (κ3) is 3.70. The van der Waals surface area contributed by atoms with Crippen LogP contribution in [0.3, 0.4) is 0 Å². The second-order valence-corrected chi connectivity index (χ2v) is 8.75. The highest BCUT2D eigenvalue weighted by atomic mass is 16.6. The molecule has 0 spiro atoms. The zero-order chi connectivity index (χ0) is 19.9. The largest absolute Gasteiger partial charge is 0.444 e. The number of carbonyl (C=O) groups excluding carboxylic acids is 2. The van der Waals surface area contributed by atoms with E-state index in [-0.39, 0.29) is 12.0 Å². The molecule has 1 fully saturated rings. The van der Waals surface area contributed by atoms with Gasteiger partial charge in [0.1, 0.15) is 11.3 Å². The van der Waals surface area contributed by atoms with E-state index in [1.54, 1.807) is 4.90 Å². The second kappa shape index (κ2) is 7.11. The molecule has 2 aliphatic rings. The van der Waals surface area contributed by atoms with Gasteiger partial charge in [0, 0.05) is 31.6 Å². The molecule has 4 rings (SSSR count). The summed E-state index contributed by atoms with van der Waals surface area (Å²) in [7, 11) is 0. The maximum Gasteiger partial charge on any atom is 0.410 e. The number of likely N-dealkylation sites (tertiary alicyclic amines) is 1. The van der Waals surface area contributed by atoms with E-state index in [0.29, 0.717) is 31.2 Å². The molecule has 0 atom stereocenters. The summed E-state index contributed by atoms with van der Waals surface area (Å²) in [5.41, 5.74) is 1.10. The Bertz CT molecular complexity index is 891. The van der Waals surface area contributed by atoms with Crippen molar-refractivity contribution in [2.24, 2.45) is 5.92 Å². The van der Waals surface area contributed by atoms with Crippen molar-refractivity contribution in [3.8, 4) is 0 Å². The number of hydrogen-bond donors (Lipinski definition) is 0. The van der Waals surface area contributed by atoms with Gasteiger partial charge in [-0.1, -0.05) is 18.2 Å². The normalized spacial score (nSPS) is 18.5. The Labute approximate surface area is 165 Å². The lowest BCUT2D eigenvalue weighted by Crippen LogP contribution is -2.46. The maximum atomic E-state index is 13.1. The number of amides is 2. The third-order valence-electron chi connectivity index (χ3n) is 5.46. The van der Waals surface area contributed by atoms with Gasteiger partial charge in [0.25, 0.3) is 5.91 Å². The van der Waals surface area contributed by atoms with Crippen molar-refractivity contribution in [2.45, 2.75) is 45.8 Å². The highest BCUT2D eigenvalue weighted by Crippen LogP contribution is 2.26. The van der Waals surface area contributed by atoms with E-state index in [9.17, 15) is 9.59 Å². The number of nitrogens with zero attached hydrogens (tertiary/aromatic N) is 4. The van der Waals surface area contributed by atoms with Crippen molar-refractivity contribution in [1.29, 1.82) is 0 Å². The van der Waals surface area contributed by atoms with Crippen molar-refractivity contribution in [1.82, 2.24) is 19.6 Å². The van der Waals surface area contributed by atoms with Crippen LogP contribution in [-0.4, -0.2) is 63.4 Å². The van der Waals surface area contributed by atoms with Gasteiger partial charge in [-0.15, -0.1) is 0 Å². The summed E-state index contributed by atoms with van der Waals surface area (Å²) in [6.45, 7) is 9.17. The number of hydrogen-bond acceptors (Lipinski definition) is 4. The Morgan fingerprint density at radius 1 is 1.14 bits per heavy atom. The molecule has 3 heterocycles. The van der Waals surface area contributed by atoms with Gasteiger partial charge in [0.15, 0.2) is 0 Å². The molecule has 2 aliphatic heterocycles. The number of aromatic nitrogens is 2. The van der Waals surface area contributed by atoms with Gasteiger partial charge in [0.05, 0.1) is 12.1 Å². The third-order valence-corrected chi connectivity index (χ3v) is 5.46. The number of ether oxygens (including phenoxy) is 1. The predicted molar refractivity (Wildman–Crippen MR) is 106 cm³/mol. The van der Waals surface area contributed by atoms with Gasteiger partial charge in [-0.2, -0.15) is 5.10 Å². The molecule has 0 aliphatic carbocycles. The van der Waals surface area contributed by atoms with E-state index in [2.05, 4.69) is 5.10 Å². The Hall–Kier alpha value is -2.57. The monoisotopic (exact) mass is 384 g/mol. The van der Waals surface area contributed by atoms with Crippen molar-refractivity contribution < 1.29 is 14.3 Å². The van der Waals surface area contributed by atoms with Gasteiger partial charge < -0.3 is 14.5 Å². The highest BCUT2D eigenvalue weighted by Gasteiger charge is 2.32. The van der Waals surface area contributed by atoms with Crippen LogP contribution in [0.1, 0.15) is 44.1 Å². The van der Waals surface area contributed by atoms with Gasteiger partial charge in [0.2, 0.25) is 0 Å². The first-order chi connectivity index (χ1) is 13.3. The topological polar surface area (TPSA) is 67.7 Å². The van der Waals surface area contributed by atoms with E-state index in [1.165, 1.54) is 0 Å². The molecule has 0 radical (unpaired) electrons. The Morgan fingerprint density at radius 3 is 2.57 bits per heavy atom. The number of fused-ring (bicyclic) bond motifs is 3. The van der Waals surface area contributed by atoms with Crippen LogP contribution in [0.4, 0.5) is 4.79 Å². The molecule has 7 heteroatoms. The zero-order valence-corrected chi connectivity index (χ0v) is 16.9. The van der Waals surface area contributed by atoms with E-state index in [1.807, 2.05) is 54.6 Å². The molecule has 28 heavy (non-hydrogen) atoms. The minimum Gasteiger partial charge on any atom is -0.444 e. The van der Waals surface area contributed by atoms with Crippen LogP contribution in [-0.2, 0) is 11.3 Å². The molecule has 150 valence electrons. The zero-order valence-electron chi connectivity index (χ0n) is 16.9. The first kappa shape index (κ1) is 18.8. The fraction of sp³-hybridized carbons (Fsp3) is 0.571. The van der Waals surface area contributed by atoms with Crippen LogP contribution in [0, 0.1) is 5.92 Å². The average Bonchev–Trinajstić information content (AvgIpc) is 3.02. The SMILES string of the molecule is CC(C)(C)OC(=O)N1CCC(CN2CCn3nc4ccccc4c3C2=O)CC1. The minimum absolute atomic E-state index is 0.0644.